The van der Waals surface area contributed by atoms with E-state index in [4.69, 9.17) is 42.6 Å². The number of aliphatic hydroxyl groups is 1. The van der Waals surface area contributed by atoms with Crippen molar-refractivity contribution >= 4 is 23.7 Å². The van der Waals surface area contributed by atoms with Gasteiger partial charge < -0.3 is 47.7 Å². The molecular formula is C79H112O14. The molecule has 1 unspecified atom stereocenters. The van der Waals surface area contributed by atoms with Crippen molar-refractivity contribution in [3.8, 4) is 23.0 Å². The highest BCUT2D eigenvalue weighted by Gasteiger charge is 2.26. The number of rotatable bonds is 48. The van der Waals surface area contributed by atoms with E-state index < -0.39 is 24.2 Å². The first kappa shape index (κ1) is 76.8. The molecule has 1 atom stereocenters. The summed E-state index contributed by atoms with van der Waals surface area (Å²) in [7, 11) is 1.35. The minimum atomic E-state index is -1.24. The first-order chi connectivity index (χ1) is 45.2. The fourth-order valence-electron chi connectivity index (χ4n) is 11.8. The summed E-state index contributed by atoms with van der Waals surface area (Å²) in [5.41, 5.74) is 12.5. The van der Waals surface area contributed by atoms with Crippen molar-refractivity contribution in [2.24, 2.45) is 0 Å². The van der Waals surface area contributed by atoms with Gasteiger partial charge in [-0.2, -0.15) is 0 Å². The number of aliphatic hydroxyl groups excluding tert-OH is 1. The lowest BCUT2D eigenvalue weighted by molar-refractivity contribution is -0.155. The van der Waals surface area contributed by atoms with Crippen molar-refractivity contribution < 1.29 is 66.9 Å². The van der Waals surface area contributed by atoms with Crippen LogP contribution in [0.25, 0.3) is 0 Å². The number of allylic oxidation sites excluding steroid dienone is 1. The second-order valence-electron chi connectivity index (χ2n) is 24.8. The van der Waals surface area contributed by atoms with Gasteiger partial charge in [-0.1, -0.05) is 173 Å². The minimum absolute atomic E-state index is 0.158. The summed E-state index contributed by atoms with van der Waals surface area (Å²) in [6.45, 7) is 24.9. The lowest BCUT2D eigenvalue weighted by Gasteiger charge is -2.25. The highest BCUT2D eigenvalue weighted by atomic mass is 16.6. The molecule has 14 nitrogen and oxygen atoms in total. The van der Waals surface area contributed by atoms with Crippen LogP contribution in [0.15, 0.2) is 86.2 Å². The van der Waals surface area contributed by atoms with Gasteiger partial charge in [-0.25, -0.2) is 4.79 Å². The zero-order valence-corrected chi connectivity index (χ0v) is 57.6. The van der Waals surface area contributed by atoms with Gasteiger partial charge in [-0.15, -0.1) is 0 Å². The van der Waals surface area contributed by atoms with Gasteiger partial charge in [-0.05, 0) is 157 Å². The fraction of sp³-hybridized carbons (Fsp3) is 0.570. The van der Waals surface area contributed by atoms with Crippen molar-refractivity contribution in [1.82, 2.24) is 0 Å². The van der Waals surface area contributed by atoms with E-state index in [9.17, 15) is 24.3 Å². The van der Waals surface area contributed by atoms with E-state index in [1.165, 1.54) is 20.1 Å². The number of ether oxygens (including phenoxy) is 9. The number of Topliss-reactive ketones (excluding diaryl/α,β-unsaturated/α-hetero) is 1. The molecule has 0 aliphatic heterocycles. The van der Waals surface area contributed by atoms with Crippen LogP contribution in [0.4, 0.5) is 0 Å². The van der Waals surface area contributed by atoms with Crippen molar-refractivity contribution in [2.45, 2.75) is 234 Å². The zero-order valence-electron chi connectivity index (χ0n) is 57.6. The van der Waals surface area contributed by atoms with Crippen LogP contribution in [-0.4, -0.2) is 95.1 Å². The number of hydrogen-bond donors (Lipinski definition) is 1. The van der Waals surface area contributed by atoms with Gasteiger partial charge in [0.1, 0.15) is 41.0 Å². The Morgan fingerprint density at radius 3 is 1.00 bits per heavy atom. The van der Waals surface area contributed by atoms with Crippen LogP contribution >= 0.6 is 0 Å². The van der Waals surface area contributed by atoms with E-state index in [1.807, 2.05) is 0 Å². The standard InChI is InChI=1S/C79H112O14/c1-10-16-20-24-36-90-76-64-45-60(32-28-40-86-59(8)14-5)46-65(76)54-70-51-63(35-31-43-89-75(84)57-73(82)85-9)52-71(79(70)93-39-27-23-19-13-4)56-67-48-61(33-29-41-87-72(81)15-6)47-66(77(67)91-37-25-21-17-11-2)55-69-50-62(34-30-42-88-74(83)44-58(7)80)49-68(53-64)78(69)92-38-26-22-18-12-3/h14-15,45-52,73,82H,5-6,8,10-13,16-44,53-57H2,1-4,7,9H3. The van der Waals surface area contributed by atoms with Gasteiger partial charge in [0, 0.05) is 38.9 Å². The Bertz CT molecular complexity index is 2810. The molecule has 0 saturated heterocycles. The number of fused-ring (bicyclic) bond motifs is 8. The summed E-state index contributed by atoms with van der Waals surface area (Å²) in [4.78, 5) is 49.7. The third-order valence-corrected chi connectivity index (χ3v) is 16.6. The van der Waals surface area contributed by atoms with Gasteiger partial charge in [0.25, 0.3) is 0 Å². The number of methoxy groups -OCH3 is 1. The molecule has 4 aromatic carbocycles. The van der Waals surface area contributed by atoms with Gasteiger partial charge in [0.2, 0.25) is 0 Å². The summed E-state index contributed by atoms with van der Waals surface area (Å²) in [6.07, 6.45) is 24.4. The number of unbranched alkanes of at least 4 members (excludes halogenated alkanes) is 12. The van der Waals surface area contributed by atoms with Crippen molar-refractivity contribution in [3.63, 3.8) is 0 Å². The van der Waals surface area contributed by atoms with Crippen LogP contribution in [0.2, 0.25) is 0 Å². The highest BCUT2D eigenvalue weighted by Crippen LogP contribution is 2.42. The highest BCUT2D eigenvalue weighted by molar-refractivity contribution is 5.94. The van der Waals surface area contributed by atoms with Gasteiger partial charge in [-0.3, -0.25) is 14.4 Å². The van der Waals surface area contributed by atoms with E-state index in [-0.39, 0.29) is 38.4 Å². The van der Waals surface area contributed by atoms with Gasteiger partial charge in [0.05, 0.1) is 59.3 Å². The SMILES string of the molecule is C=CC(=C)OCCCc1cc2c(OCCCCCC)c(c1)Cc1cc(CCCOC(=O)CC(O)OC)cc(c1OCCCCCC)Cc1cc(CCCOC(=O)C=C)cc(c1OCCCCCC)Cc1cc(CCCOC(=O)CC(C)=O)cc(c1OCCCCCC)C2. The Morgan fingerprint density at radius 2 is 0.720 bits per heavy atom. The summed E-state index contributed by atoms with van der Waals surface area (Å²) in [5.74, 6) is 2.10. The predicted octanol–water partition coefficient (Wildman–Crippen LogP) is 16.8. The largest absolute Gasteiger partial charge is 0.494 e. The van der Waals surface area contributed by atoms with Crippen LogP contribution in [0.3, 0.4) is 0 Å². The van der Waals surface area contributed by atoms with Crippen LogP contribution in [0.5, 0.6) is 23.0 Å². The molecule has 1 aliphatic rings. The minimum Gasteiger partial charge on any atom is -0.494 e. The molecule has 93 heavy (non-hydrogen) atoms. The zero-order chi connectivity index (χ0) is 67.0. The number of esters is 3. The fourth-order valence-corrected chi connectivity index (χ4v) is 11.8. The maximum absolute atomic E-state index is 12.8. The molecule has 14 heteroatoms. The number of carbonyl (C=O) groups is 4. The Labute approximate surface area is 557 Å². The quantitative estimate of drug-likeness (QED) is 0.00570. The molecule has 1 N–H and O–H groups in total. The molecule has 0 saturated carbocycles. The topological polar surface area (TPSA) is 172 Å². The lowest BCUT2D eigenvalue weighted by atomic mass is 9.87. The monoisotopic (exact) mass is 1280 g/mol. The molecule has 4 aromatic rings. The maximum Gasteiger partial charge on any atom is 0.330 e. The molecule has 0 aromatic heterocycles. The van der Waals surface area contributed by atoms with Crippen molar-refractivity contribution in [2.75, 3.05) is 60.0 Å². The molecule has 0 radical (unpaired) electrons. The first-order valence-corrected chi connectivity index (χ1v) is 35.1. The molecule has 0 fully saturated rings. The third kappa shape index (κ3) is 28.7. The number of hydrogen-bond acceptors (Lipinski definition) is 14. The Hall–Kier alpha value is -6.90. The van der Waals surface area contributed by atoms with Gasteiger partial charge >= 0.3 is 17.9 Å². The molecule has 0 amide bonds. The van der Waals surface area contributed by atoms with Crippen LogP contribution < -0.4 is 18.9 Å². The molecule has 5 rings (SSSR count). The Kier molecular flexibility index (Phi) is 36.9. The number of aryl methyl sites for hydroxylation is 4. The molecule has 0 spiro atoms. The number of ketones is 1. The van der Waals surface area contributed by atoms with Crippen LogP contribution in [-0.2, 0) is 94.2 Å². The second-order valence-corrected chi connectivity index (χ2v) is 24.8. The second kappa shape index (κ2) is 44.7. The Morgan fingerprint density at radius 1 is 0.419 bits per heavy atom. The average molecular weight is 1290 g/mol. The van der Waals surface area contributed by atoms with Crippen molar-refractivity contribution in [3.05, 3.63) is 153 Å². The lowest BCUT2D eigenvalue weighted by Crippen LogP contribution is -2.17. The predicted molar refractivity (Wildman–Crippen MR) is 370 cm³/mol. The molecule has 512 valence electrons. The van der Waals surface area contributed by atoms with Crippen molar-refractivity contribution in [1.29, 1.82) is 0 Å². The van der Waals surface area contributed by atoms with E-state index in [0.717, 1.165) is 205 Å². The van der Waals surface area contributed by atoms with E-state index in [2.05, 4.69) is 96.0 Å². The van der Waals surface area contributed by atoms with E-state index >= 15 is 0 Å². The average Bonchev–Trinajstić information content (AvgIpc) is 0.818. The normalized spacial score (nSPS) is 12.1. The smallest absolute Gasteiger partial charge is 0.330 e. The van der Waals surface area contributed by atoms with E-state index in [0.29, 0.717) is 103 Å². The van der Waals surface area contributed by atoms with E-state index in [1.54, 1.807) is 6.08 Å². The summed E-state index contributed by atoms with van der Waals surface area (Å²) in [6, 6.07) is 18.2. The van der Waals surface area contributed by atoms with Gasteiger partial charge in [0.15, 0.2) is 6.29 Å². The number of carbonyl (C=O) groups excluding carboxylic acids is 4. The summed E-state index contributed by atoms with van der Waals surface area (Å²) >= 11 is 0. The first-order valence-electron chi connectivity index (χ1n) is 35.1. The number of benzene rings is 4. The summed E-state index contributed by atoms with van der Waals surface area (Å²) in [5, 5.41) is 10.1. The molecule has 0 heterocycles. The molecule has 1 aliphatic carbocycles. The molecular weight excluding hydrogens is 1170 g/mol. The Balaban J connectivity index is 1.91. The molecule has 8 bridgehead atoms. The summed E-state index contributed by atoms with van der Waals surface area (Å²) < 4.78 is 56.7. The third-order valence-electron chi connectivity index (χ3n) is 16.6. The van der Waals surface area contributed by atoms with Crippen LogP contribution in [0, 0.1) is 0 Å². The van der Waals surface area contributed by atoms with Crippen LogP contribution in [0.1, 0.15) is 243 Å². The maximum atomic E-state index is 12.8.